The van der Waals surface area contributed by atoms with Gasteiger partial charge in [-0.15, -0.1) is 5.54 Å². The average Bonchev–Trinajstić information content (AvgIpc) is 2.00. The van der Waals surface area contributed by atoms with Gasteiger partial charge in [-0.25, -0.2) is 0 Å². The van der Waals surface area contributed by atoms with Crippen LogP contribution in [-0.4, -0.2) is 13.9 Å². The van der Waals surface area contributed by atoms with Crippen molar-refractivity contribution in [3.8, 4) is 11.5 Å². The summed E-state index contributed by atoms with van der Waals surface area (Å²) < 4.78 is 0. The minimum absolute atomic E-state index is 0.121. The predicted molar refractivity (Wildman–Crippen MR) is 60.3 cm³/mol. The van der Waals surface area contributed by atoms with E-state index in [4.69, 9.17) is 0 Å². The molecular formula is C11H20OSi. The lowest BCUT2D eigenvalue weighted by molar-refractivity contribution is -0.113. The summed E-state index contributed by atoms with van der Waals surface area (Å²) >= 11 is 0. The largest absolute Gasteiger partial charge is 0.285 e. The first-order chi connectivity index (χ1) is 5.95. The molecule has 0 unspecified atom stereocenters. The van der Waals surface area contributed by atoms with Crippen LogP contribution in [0.2, 0.25) is 19.6 Å². The summed E-state index contributed by atoms with van der Waals surface area (Å²) in [4.78, 5) is 11.2. The second kappa shape index (κ2) is 5.99. The fraction of sp³-hybridized carbons (Fsp3) is 0.727. The molecule has 0 fully saturated rings. The van der Waals surface area contributed by atoms with Gasteiger partial charge in [0.15, 0.2) is 0 Å². The molecule has 0 N–H and O–H groups in total. The number of unbranched alkanes of at least 4 members (excludes halogenated alkanes) is 2. The van der Waals surface area contributed by atoms with Gasteiger partial charge in [-0.05, 0) is 12.3 Å². The first kappa shape index (κ1) is 12.4. The van der Waals surface area contributed by atoms with Crippen LogP contribution in [-0.2, 0) is 4.79 Å². The lowest BCUT2D eigenvalue weighted by atomic mass is 10.1. The number of ketones is 1. The highest BCUT2D eigenvalue weighted by molar-refractivity contribution is 6.84. The van der Waals surface area contributed by atoms with Gasteiger partial charge in [0, 0.05) is 6.42 Å². The van der Waals surface area contributed by atoms with Crippen molar-refractivity contribution in [1.82, 2.24) is 0 Å². The Morgan fingerprint density at radius 3 is 2.31 bits per heavy atom. The molecule has 0 spiro atoms. The minimum atomic E-state index is -1.35. The zero-order chi connectivity index (χ0) is 10.3. The van der Waals surface area contributed by atoms with Gasteiger partial charge in [0.25, 0.3) is 0 Å². The Hall–Kier alpha value is -0.553. The molecule has 0 aliphatic rings. The van der Waals surface area contributed by atoms with E-state index >= 15 is 0 Å². The number of hydrogen-bond acceptors (Lipinski definition) is 1. The van der Waals surface area contributed by atoms with Crippen molar-refractivity contribution >= 4 is 13.9 Å². The van der Waals surface area contributed by atoms with E-state index in [1.165, 1.54) is 0 Å². The summed E-state index contributed by atoms with van der Waals surface area (Å²) in [7, 11) is -1.35. The Morgan fingerprint density at radius 1 is 1.23 bits per heavy atom. The highest BCUT2D eigenvalue weighted by Crippen LogP contribution is 2.00. The van der Waals surface area contributed by atoms with Crippen molar-refractivity contribution in [3.05, 3.63) is 0 Å². The Morgan fingerprint density at radius 2 is 1.85 bits per heavy atom. The van der Waals surface area contributed by atoms with E-state index in [0.29, 0.717) is 6.42 Å². The zero-order valence-corrected chi connectivity index (χ0v) is 10.2. The van der Waals surface area contributed by atoms with Crippen LogP contribution in [0, 0.1) is 11.5 Å². The topological polar surface area (TPSA) is 17.1 Å². The van der Waals surface area contributed by atoms with Gasteiger partial charge in [0.2, 0.25) is 5.78 Å². The molecule has 13 heavy (non-hydrogen) atoms. The van der Waals surface area contributed by atoms with Crippen molar-refractivity contribution in [2.45, 2.75) is 52.2 Å². The average molecular weight is 196 g/mol. The number of rotatable bonds is 4. The molecule has 74 valence electrons. The number of carbonyl (C=O) groups is 1. The maximum atomic E-state index is 11.2. The number of Topliss-reactive ketones (excluding diaryl/α,β-unsaturated/α-hetero) is 1. The van der Waals surface area contributed by atoms with Gasteiger partial charge in [-0.3, -0.25) is 4.79 Å². The summed E-state index contributed by atoms with van der Waals surface area (Å²) in [6, 6.07) is 0. The maximum absolute atomic E-state index is 11.2. The van der Waals surface area contributed by atoms with Crippen LogP contribution < -0.4 is 0 Å². The van der Waals surface area contributed by atoms with Gasteiger partial charge >= 0.3 is 0 Å². The second-order valence-electron chi connectivity index (χ2n) is 4.38. The van der Waals surface area contributed by atoms with Gasteiger partial charge in [-0.1, -0.05) is 39.4 Å². The van der Waals surface area contributed by atoms with E-state index in [1.807, 2.05) is 0 Å². The Bertz CT molecular complexity index is 214. The maximum Gasteiger partial charge on any atom is 0.204 e. The van der Waals surface area contributed by atoms with Crippen LogP contribution >= 0.6 is 0 Å². The summed E-state index contributed by atoms with van der Waals surface area (Å²) in [5.41, 5.74) is 3.09. The predicted octanol–water partition coefficient (Wildman–Crippen LogP) is 3.02. The summed E-state index contributed by atoms with van der Waals surface area (Å²) in [6.45, 7) is 8.59. The highest BCUT2D eigenvalue weighted by Gasteiger charge is 2.08. The van der Waals surface area contributed by atoms with E-state index in [2.05, 4.69) is 38.0 Å². The van der Waals surface area contributed by atoms with E-state index in [1.54, 1.807) is 0 Å². The van der Waals surface area contributed by atoms with Crippen molar-refractivity contribution < 1.29 is 4.79 Å². The molecule has 0 aliphatic carbocycles. The molecule has 0 saturated carbocycles. The van der Waals surface area contributed by atoms with Gasteiger partial charge in [0.1, 0.15) is 8.07 Å². The van der Waals surface area contributed by atoms with Crippen molar-refractivity contribution in [2.24, 2.45) is 0 Å². The van der Waals surface area contributed by atoms with Gasteiger partial charge in [-0.2, -0.15) is 0 Å². The first-order valence-corrected chi connectivity index (χ1v) is 8.51. The fourth-order valence-electron chi connectivity index (χ4n) is 0.855. The van der Waals surface area contributed by atoms with Crippen LogP contribution in [0.1, 0.15) is 32.6 Å². The van der Waals surface area contributed by atoms with Crippen LogP contribution in [0.25, 0.3) is 0 Å². The monoisotopic (exact) mass is 196 g/mol. The SMILES string of the molecule is CCCCCC(=O)C#C[Si](C)(C)C. The normalized spacial score (nSPS) is 10.5. The van der Waals surface area contributed by atoms with Gasteiger partial charge in [0.05, 0.1) is 0 Å². The van der Waals surface area contributed by atoms with Crippen molar-refractivity contribution in [2.75, 3.05) is 0 Å². The number of carbonyl (C=O) groups excluding carboxylic acids is 1. The molecule has 0 bridgehead atoms. The lowest BCUT2D eigenvalue weighted by Gasteiger charge is -2.02. The van der Waals surface area contributed by atoms with Gasteiger partial charge < -0.3 is 0 Å². The fourth-order valence-corrected chi connectivity index (χ4v) is 1.37. The second-order valence-corrected chi connectivity index (χ2v) is 9.13. The van der Waals surface area contributed by atoms with E-state index in [-0.39, 0.29) is 5.78 Å². The third-order valence-corrected chi connectivity index (χ3v) is 2.46. The molecule has 2 heteroatoms. The number of hydrogen-bond donors (Lipinski definition) is 0. The first-order valence-electron chi connectivity index (χ1n) is 5.01. The third-order valence-electron chi connectivity index (χ3n) is 1.58. The Balaban J connectivity index is 3.78. The molecule has 0 radical (unpaired) electrons. The van der Waals surface area contributed by atoms with Crippen molar-refractivity contribution in [3.63, 3.8) is 0 Å². The zero-order valence-electron chi connectivity index (χ0n) is 9.24. The molecule has 1 nitrogen and oxygen atoms in total. The smallest absolute Gasteiger partial charge is 0.204 e. The molecular weight excluding hydrogens is 176 g/mol. The van der Waals surface area contributed by atoms with Crippen LogP contribution in [0.5, 0.6) is 0 Å². The highest BCUT2D eigenvalue weighted by atomic mass is 28.3. The Kier molecular flexibility index (Phi) is 5.73. The van der Waals surface area contributed by atoms with E-state index in [9.17, 15) is 4.79 Å². The minimum Gasteiger partial charge on any atom is -0.285 e. The summed E-state index contributed by atoms with van der Waals surface area (Å²) in [6.07, 6.45) is 3.94. The molecule has 0 heterocycles. The molecule has 0 aromatic carbocycles. The summed E-state index contributed by atoms with van der Waals surface area (Å²) in [5, 5.41) is 0. The molecule has 0 aromatic heterocycles. The lowest BCUT2D eigenvalue weighted by Crippen LogP contribution is -2.17. The van der Waals surface area contributed by atoms with E-state index in [0.717, 1.165) is 19.3 Å². The molecule has 0 aliphatic heterocycles. The third kappa shape index (κ3) is 9.36. The molecule has 0 atom stereocenters. The molecule has 0 rings (SSSR count). The standard InChI is InChI=1S/C11H20OSi/c1-5-6-7-8-11(12)9-10-13(2,3)4/h5-8H2,1-4H3. The van der Waals surface area contributed by atoms with Crippen molar-refractivity contribution in [1.29, 1.82) is 0 Å². The molecule has 0 saturated heterocycles. The summed E-state index contributed by atoms with van der Waals surface area (Å²) in [5.74, 6) is 2.88. The Labute approximate surface area is 82.9 Å². The van der Waals surface area contributed by atoms with E-state index < -0.39 is 8.07 Å². The van der Waals surface area contributed by atoms with Crippen LogP contribution in [0.3, 0.4) is 0 Å². The molecule has 0 aromatic rings. The van der Waals surface area contributed by atoms with Crippen LogP contribution in [0.4, 0.5) is 0 Å². The van der Waals surface area contributed by atoms with Crippen LogP contribution in [0.15, 0.2) is 0 Å². The quantitative estimate of drug-likeness (QED) is 0.384. The molecule has 0 amide bonds.